The second-order valence-electron chi connectivity index (χ2n) is 3.98. The lowest BCUT2D eigenvalue weighted by Crippen LogP contribution is -2.18. The molecule has 2 aromatic carbocycles. The molecule has 0 aliphatic rings. The fourth-order valence-electron chi connectivity index (χ4n) is 1.63. The lowest BCUT2D eigenvalue weighted by molar-refractivity contribution is 0.0706. The largest absolute Gasteiger partial charge is 0.493 e. The minimum Gasteiger partial charge on any atom is -0.493 e. The zero-order chi connectivity index (χ0) is 15.4. The number of hydroxylamine groups is 1. The molecule has 0 radical (unpaired) electrons. The van der Waals surface area contributed by atoms with Gasteiger partial charge in [-0.2, -0.15) is 0 Å². The van der Waals surface area contributed by atoms with Gasteiger partial charge in [0.15, 0.2) is 11.5 Å². The van der Waals surface area contributed by atoms with Crippen LogP contribution in [0, 0.1) is 0 Å². The van der Waals surface area contributed by atoms with Crippen molar-refractivity contribution in [1.82, 2.24) is 5.48 Å². The molecule has 0 bridgehead atoms. The zero-order valence-corrected chi connectivity index (χ0v) is 12.4. The molecule has 0 aromatic heterocycles. The maximum atomic E-state index is 11.3. The van der Waals surface area contributed by atoms with Crippen LogP contribution < -0.4 is 15.0 Å². The van der Waals surface area contributed by atoms with E-state index in [9.17, 15) is 4.79 Å². The van der Waals surface area contributed by atoms with Crippen LogP contribution in [-0.2, 0) is 0 Å². The van der Waals surface area contributed by atoms with Crippen LogP contribution in [0.5, 0.6) is 17.2 Å². The van der Waals surface area contributed by atoms with Crippen LogP contribution in [0.25, 0.3) is 0 Å². The summed E-state index contributed by atoms with van der Waals surface area (Å²) in [6.07, 6.45) is 0. The fourth-order valence-corrected chi connectivity index (χ4v) is 2.01. The van der Waals surface area contributed by atoms with Gasteiger partial charge in [-0.05, 0) is 30.3 Å². The van der Waals surface area contributed by atoms with Gasteiger partial charge in [-0.1, -0.05) is 23.2 Å². The number of halogens is 2. The second kappa shape index (κ2) is 6.67. The van der Waals surface area contributed by atoms with E-state index in [1.165, 1.54) is 30.8 Å². The molecular weight excluding hydrogens is 317 g/mol. The van der Waals surface area contributed by atoms with Gasteiger partial charge in [0.1, 0.15) is 5.75 Å². The highest BCUT2D eigenvalue weighted by molar-refractivity contribution is 6.32. The van der Waals surface area contributed by atoms with Crippen molar-refractivity contribution in [1.29, 1.82) is 0 Å². The molecular formula is C14H11Cl2NO4. The highest BCUT2D eigenvalue weighted by Gasteiger charge is 2.12. The predicted molar refractivity (Wildman–Crippen MR) is 78.8 cm³/mol. The summed E-state index contributed by atoms with van der Waals surface area (Å²) in [6, 6.07) is 9.27. The number of carbonyl (C=O) groups excluding carboxylic acids is 1. The Balaban J connectivity index is 2.30. The maximum absolute atomic E-state index is 11.3. The number of amides is 1. The smallest absolute Gasteiger partial charge is 0.274 e. The van der Waals surface area contributed by atoms with Crippen molar-refractivity contribution in [3.8, 4) is 17.2 Å². The topological polar surface area (TPSA) is 67.8 Å². The molecule has 110 valence electrons. The van der Waals surface area contributed by atoms with Gasteiger partial charge in [0.25, 0.3) is 5.91 Å². The van der Waals surface area contributed by atoms with Crippen molar-refractivity contribution in [2.45, 2.75) is 0 Å². The second-order valence-corrected chi connectivity index (χ2v) is 4.83. The fraction of sp³-hybridized carbons (Fsp3) is 0.0714. The first-order valence-electron chi connectivity index (χ1n) is 5.80. The summed E-state index contributed by atoms with van der Waals surface area (Å²) in [4.78, 5) is 11.3. The first kappa shape index (κ1) is 15.4. The Morgan fingerprint density at radius 3 is 2.43 bits per heavy atom. The average molecular weight is 328 g/mol. The van der Waals surface area contributed by atoms with E-state index in [4.69, 9.17) is 37.9 Å². The maximum Gasteiger partial charge on any atom is 0.274 e. The van der Waals surface area contributed by atoms with Gasteiger partial charge in [-0.3, -0.25) is 10.0 Å². The van der Waals surface area contributed by atoms with E-state index in [2.05, 4.69) is 0 Å². The number of nitrogens with one attached hydrogen (secondary N) is 1. The van der Waals surface area contributed by atoms with Gasteiger partial charge >= 0.3 is 0 Å². The highest BCUT2D eigenvalue weighted by Crippen LogP contribution is 2.36. The Labute approximate surface area is 131 Å². The van der Waals surface area contributed by atoms with Crippen LogP contribution in [0.15, 0.2) is 36.4 Å². The molecule has 21 heavy (non-hydrogen) atoms. The number of hydrogen-bond acceptors (Lipinski definition) is 4. The third kappa shape index (κ3) is 3.58. The van der Waals surface area contributed by atoms with Crippen molar-refractivity contribution in [2.24, 2.45) is 0 Å². The Morgan fingerprint density at radius 1 is 1.10 bits per heavy atom. The van der Waals surface area contributed by atoms with Crippen molar-refractivity contribution in [2.75, 3.05) is 7.11 Å². The van der Waals surface area contributed by atoms with Crippen LogP contribution >= 0.6 is 23.2 Å². The summed E-state index contributed by atoms with van der Waals surface area (Å²) >= 11 is 11.9. The molecule has 2 aromatic rings. The normalized spacial score (nSPS) is 10.1. The SMILES string of the molecule is COc1cc(Cl)ccc1Oc1ccc(C(=O)NO)cc1Cl. The molecule has 0 saturated carbocycles. The summed E-state index contributed by atoms with van der Waals surface area (Å²) in [7, 11) is 1.49. The van der Waals surface area contributed by atoms with Crippen LogP contribution in [-0.4, -0.2) is 18.2 Å². The third-order valence-corrected chi connectivity index (χ3v) is 3.17. The summed E-state index contributed by atoms with van der Waals surface area (Å²) < 4.78 is 10.8. The van der Waals surface area contributed by atoms with E-state index in [0.29, 0.717) is 22.3 Å². The lowest BCUT2D eigenvalue weighted by Gasteiger charge is -2.12. The number of ether oxygens (including phenoxy) is 2. The zero-order valence-electron chi connectivity index (χ0n) is 10.9. The lowest BCUT2D eigenvalue weighted by atomic mass is 10.2. The van der Waals surface area contributed by atoms with E-state index in [1.807, 2.05) is 0 Å². The number of carbonyl (C=O) groups is 1. The Morgan fingerprint density at radius 2 is 1.81 bits per heavy atom. The molecule has 7 heteroatoms. The summed E-state index contributed by atoms with van der Waals surface area (Å²) in [5, 5.41) is 9.30. The molecule has 1 amide bonds. The number of hydrogen-bond donors (Lipinski definition) is 2. The summed E-state index contributed by atoms with van der Waals surface area (Å²) in [5.41, 5.74) is 1.74. The van der Waals surface area contributed by atoms with Crippen molar-refractivity contribution >= 4 is 29.1 Å². The highest BCUT2D eigenvalue weighted by atomic mass is 35.5. The number of benzene rings is 2. The van der Waals surface area contributed by atoms with E-state index < -0.39 is 5.91 Å². The van der Waals surface area contributed by atoms with E-state index in [0.717, 1.165) is 0 Å². The summed E-state index contributed by atoms with van der Waals surface area (Å²) in [6.45, 7) is 0. The average Bonchev–Trinajstić information content (AvgIpc) is 2.49. The quantitative estimate of drug-likeness (QED) is 0.659. The van der Waals surface area contributed by atoms with Crippen LogP contribution in [0.3, 0.4) is 0 Å². The van der Waals surface area contributed by atoms with Gasteiger partial charge in [0.2, 0.25) is 0 Å². The first-order chi connectivity index (χ1) is 10.0. The van der Waals surface area contributed by atoms with Gasteiger partial charge in [-0.15, -0.1) is 0 Å². The van der Waals surface area contributed by atoms with Crippen molar-refractivity contribution in [3.63, 3.8) is 0 Å². The van der Waals surface area contributed by atoms with E-state index >= 15 is 0 Å². The number of rotatable bonds is 4. The molecule has 0 atom stereocenters. The molecule has 0 aliphatic heterocycles. The van der Waals surface area contributed by atoms with Gasteiger partial charge in [0.05, 0.1) is 12.1 Å². The minimum absolute atomic E-state index is 0.206. The minimum atomic E-state index is -0.660. The molecule has 0 aliphatic carbocycles. The Bertz CT molecular complexity index is 676. The molecule has 2 rings (SSSR count). The molecule has 0 fully saturated rings. The van der Waals surface area contributed by atoms with Crippen LogP contribution in [0.1, 0.15) is 10.4 Å². The van der Waals surface area contributed by atoms with E-state index in [1.54, 1.807) is 18.2 Å². The molecule has 0 saturated heterocycles. The van der Waals surface area contributed by atoms with Gasteiger partial charge in [0, 0.05) is 16.7 Å². The predicted octanol–water partition coefficient (Wildman–Crippen LogP) is 3.91. The monoisotopic (exact) mass is 327 g/mol. The Kier molecular flexibility index (Phi) is 4.90. The molecule has 0 unspecified atom stereocenters. The number of methoxy groups -OCH3 is 1. The summed E-state index contributed by atoms with van der Waals surface area (Å²) in [5.74, 6) is 0.568. The van der Waals surface area contributed by atoms with E-state index in [-0.39, 0.29) is 10.6 Å². The van der Waals surface area contributed by atoms with Gasteiger partial charge < -0.3 is 9.47 Å². The molecule has 5 nitrogen and oxygen atoms in total. The van der Waals surface area contributed by atoms with Crippen LogP contribution in [0.2, 0.25) is 10.0 Å². The molecule has 0 spiro atoms. The van der Waals surface area contributed by atoms with Crippen molar-refractivity contribution < 1.29 is 19.5 Å². The molecule has 2 N–H and O–H groups in total. The third-order valence-electron chi connectivity index (χ3n) is 2.64. The first-order valence-corrected chi connectivity index (χ1v) is 6.56. The standard InChI is InChI=1S/C14H11Cl2NO4/c1-20-13-7-9(15)3-5-12(13)21-11-4-2-8(6-10(11)16)14(18)17-19/h2-7,19H,1H3,(H,17,18). The van der Waals surface area contributed by atoms with Crippen LogP contribution in [0.4, 0.5) is 0 Å². The molecule has 0 heterocycles. The van der Waals surface area contributed by atoms with Gasteiger partial charge in [-0.25, -0.2) is 5.48 Å². The van der Waals surface area contributed by atoms with Crippen molar-refractivity contribution in [3.05, 3.63) is 52.0 Å². The Hall–Kier alpha value is -1.95.